The molecule has 82 valence electrons. The molecule has 0 fully saturated rings. The summed E-state index contributed by atoms with van der Waals surface area (Å²) in [5.41, 5.74) is 6.67. The first kappa shape index (κ1) is 11.9. The highest BCUT2D eigenvalue weighted by molar-refractivity contribution is 6.31. The molecule has 0 aliphatic rings. The number of rotatable bonds is 4. The average Bonchev–Trinajstić information content (AvgIpc) is 2.20. The molecule has 0 radical (unpaired) electrons. The molecule has 0 aromatic heterocycles. The van der Waals surface area contributed by atoms with Gasteiger partial charge in [-0.2, -0.15) is 0 Å². The van der Waals surface area contributed by atoms with Gasteiger partial charge in [-0.1, -0.05) is 23.8 Å². The number of nitrogens with two attached hydrogens (primary N) is 1. The monoisotopic (exact) mass is 228 g/mol. The summed E-state index contributed by atoms with van der Waals surface area (Å²) >= 11 is 5.64. The first-order valence-corrected chi connectivity index (χ1v) is 5.12. The van der Waals surface area contributed by atoms with Gasteiger partial charge in [-0.05, 0) is 19.4 Å². The van der Waals surface area contributed by atoms with Gasteiger partial charge >= 0.3 is 0 Å². The van der Waals surface area contributed by atoms with Crippen LogP contribution in [0.5, 0.6) is 0 Å². The molecule has 0 unspecified atom stereocenters. The maximum absolute atomic E-state index is 13.0. The van der Waals surface area contributed by atoms with Crippen molar-refractivity contribution in [2.45, 2.75) is 13.3 Å². The fourth-order valence-electron chi connectivity index (χ4n) is 1.17. The Bertz CT molecular complexity index is 364. The lowest BCUT2D eigenvalue weighted by Crippen LogP contribution is -2.03. The van der Waals surface area contributed by atoms with Crippen LogP contribution in [0.3, 0.4) is 0 Å². The van der Waals surface area contributed by atoms with Crippen LogP contribution in [-0.4, -0.2) is 6.54 Å². The van der Waals surface area contributed by atoms with E-state index in [0.717, 1.165) is 13.0 Å². The molecular formula is C11H14ClFN2. The lowest BCUT2D eigenvalue weighted by molar-refractivity contribution is 0.629. The lowest BCUT2D eigenvalue weighted by Gasteiger charge is -2.09. The molecule has 0 aliphatic heterocycles. The van der Waals surface area contributed by atoms with Crippen LogP contribution in [0.4, 0.5) is 15.8 Å². The molecule has 0 aliphatic carbocycles. The molecule has 0 atom stereocenters. The third kappa shape index (κ3) is 3.44. The van der Waals surface area contributed by atoms with Gasteiger partial charge in [0.05, 0.1) is 16.4 Å². The predicted molar refractivity (Wildman–Crippen MR) is 63.7 cm³/mol. The van der Waals surface area contributed by atoms with Crippen LogP contribution in [0.25, 0.3) is 0 Å². The number of hydrogen-bond donors (Lipinski definition) is 2. The SMILES string of the molecule is C/C=C/CCNc1cc(Cl)c(F)cc1N. The Morgan fingerprint density at radius 2 is 2.27 bits per heavy atom. The molecule has 0 saturated carbocycles. The fourth-order valence-corrected chi connectivity index (χ4v) is 1.34. The Kier molecular flexibility index (Phi) is 4.43. The van der Waals surface area contributed by atoms with E-state index in [1.807, 2.05) is 19.1 Å². The Hall–Kier alpha value is -1.22. The summed E-state index contributed by atoms with van der Waals surface area (Å²) in [6.45, 7) is 2.71. The number of anilines is 2. The van der Waals surface area contributed by atoms with E-state index in [0.29, 0.717) is 11.4 Å². The minimum absolute atomic E-state index is 0.0812. The zero-order valence-electron chi connectivity index (χ0n) is 8.56. The number of benzene rings is 1. The summed E-state index contributed by atoms with van der Waals surface area (Å²) in [6, 6.07) is 2.72. The van der Waals surface area contributed by atoms with Crippen molar-refractivity contribution in [2.75, 3.05) is 17.6 Å². The van der Waals surface area contributed by atoms with Gasteiger partial charge in [0.2, 0.25) is 0 Å². The highest BCUT2D eigenvalue weighted by atomic mass is 35.5. The molecular weight excluding hydrogens is 215 g/mol. The highest BCUT2D eigenvalue weighted by Crippen LogP contribution is 2.26. The van der Waals surface area contributed by atoms with Crippen LogP contribution in [-0.2, 0) is 0 Å². The van der Waals surface area contributed by atoms with Crippen LogP contribution in [0.1, 0.15) is 13.3 Å². The Balaban J connectivity index is 2.65. The van der Waals surface area contributed by atoms with E-state index in [1.54, 1.807) is 0 Å². The van der Waals surface area contributed by atoms with E-state index in [-0.39, 0.29) is 5.02 Å². The van der Waals surface area contributed by atoms with Crippen LogP contribution in [0.15, 0.2) is 24.3 Å². The van der Waals surface area contributed by atoms with Crippen molar-refractivity contribution in [3.63, 3.8) is 0 Å². The molecule has 1 rings (SSSR count). The van der Waals surface area contributed by atoms with Gasteiger partial charge in [-0.15, -0.1) is 0 Å². The molecule has 1 aromatic carbocycles. The maximum Gasteiger partial charge on any atom is 0.143 e. The summed E-state index contributed by atoms with van der Waals surface area (Å²) < 4.78 is 13.0. The smallest absolute Gasteiger partial charge is 0.143 e. The van der Waals surface area contributed by atoms with E-state index in [2.05, 4.69) is 5.32 Å². The van der Waals surface area contributed by atoms with E-state index in [9.17, 15) is 4.39 Å². The Morgan fingerprint density at radius 3 is 2.93 bits per heavy atom. The molecule has 0 spiro atoms. The van der Waals surface area contributed by atoms with E-state index in [1.165, 1.54) is 12.1 Å². The minimum Gasteiger partial charge on any atom is -0.397 e. The highest BCUT2D eigenvalue weighted by Gasteiger charge is 2.04. The standard InChI is InChI=1S/C11H14ClFN2/c1-2-3-4-5-15-11-6-8(12)9(13)7-10(11)14/h2-3,6-7,15H,4-5,14H2,1H3/b3-2+. The van der Waals surface area contributed by atoms with Gasteiger partial charge in [0, 0.05) is 12.6 Å². The zero-order valence-corrected chi connectivity index (χ0v) is 9.31. The second kappa shape index (κ2) is 5.61. The number of hydrogen-bond acceptors (Lipinski definition) is 2. The lowest BCUT2D eigenvalue weighted by atomic mass is 10.2. The predicted octanol–water partition coefficient (Wildman–Crippen LogP) is 3.44. The Labute approximate surface area is 93.9 Å². The first-order valence-electron chi connectivity index (χ1n) is 4.74. The van der Waals surface area contributed by atoms with Crippen LogP contribution in [0.2, 0.25) is 5.02 Å². The van der Waals surface area contributed by atoms with Gasteiger partial charge in [-0.25, -0.2) is 4.39 Å². The third-order valence-electron chi connectivity index (χ3n) is 1.95. The second-order valence-corrected chi connectivity index (χ2v) is 3.55. The number of nitrogens with one attached hydrogen (secondary N) is 1. The van der Waals surface area contributed by atoms with Gasteiger partial charge in [-0.3, -0.25) is 0 Å². The fraction of sp³-hybridized carbons (Fsp3) is 0.273. The minimum atomic E-state index is -0.492. The second-order valence-electron chi connectivity index (χ2n) is 3.14. The van der Waals surface area contributed by atoms with Crippen molar-refractivity contribution in [1.29, 1.82) is 0 Å². The number of nitrogen functional groups attached to an aromatic ring is 1. The first-order chi connectivity index (χ1) is 7.15. The molecule has 2 nitrogen and oxygen atoms in total. The van der Waals surface area contributed by atoms with Gasteiger partial charge in [0.15, 0.2) is 0 Å². The van der Waals surface area contributed by atoms with Crippen molar-refractivity contribution >= 4 is 23.0 Å². The van der Waals surface area contributed by atoms with Crippen LogP contribution in [0, 0.1) is 5.82 Å². The third-order valence-corrected chi connectivity index (χ3v) is 2.24. The molecule has 0 bridgehead atoms. The molecule has 1 aromatic rings. The van der Waals surface area contributed by atoms with Gasteiger partial charge in [0.1, 0.15) is 5.82 Å². The van der Waals surface area contributed by atoms with Crippen molar-refractivity contribution < 1.29 is 4.39 Å². The molecule has 0 heterocycles. The van der Waals surface area contributed by atoms with E-state index < -0.39 is 5.82 Å². The molecule has 15 heavy (non-hydrogen) atoms. The topological polar surface area (TPSA) is 38.0 Å². The largest absolute Gasteiger partial charge is 0.397 e. The maximum atomic E-state index is 13.0. The average molecular weight is 229 g/mol. The van der Waals surface area contributed by atoms with Gasteiger partial charge in [0.25, 0.3) is 0 Å². The summed E-state index contributed by atoms with van der Waals surface area (Å²) in [7, 11) is 0. The van der Waals surface area contributed by atoms with E-state index in [4.69, 9.17) is 17.3 Å². The van der Waals surface area contributed by atoms with E-state index >= 15 is 0 Å². The summed E-state index contributed by atoms with van der Waals surface area (Å²) in [6.07, 6.45) is 4.90. The molecule has 0 amide bonds. The van der Waals surface area contributed by atoms with Crippen LogP contribution < -0.4 is 11.1 Å². The molecule has 0 saturated heterocycles. The van der Waals surface area contributed by atoms with Crippen LogP contribution >= 0.6 is 11.6 Å². The van der Waals surface area contributed by atoms with Crippen molar-refractivity contribution in [2.24, 2.45) is 0 Å². The summed E-state index contributed by atoms with van der Waals surface area (Å²) in [5, 5.41) is 3.17. The number of allylic oxidation sites excluding steroid dienone is 1. The van der Waals surface area contributed by atoms with Crippen molar-refractivity contribution in [3.05, 3.63) is 35.1 Å². The summed E-state index contributed by atoms with van der Waals surface area (Å²) in [5.74, 6) is -0.492. The zero-order chi connectivity index (χ0) is 11.3. The normalized spacial score (nSPS) is 10.9. The molecule has 4 heteroatoms. The molecule has 3 N–H and O–H groups in total. The summed E-state index contributed by atoms with van der Waals surface area (Å²) in [4.78, 5) is 0. The van der Waals surface area contributed by atoms with Crippen molar-refractivity contribution in [1.82, 2.24) is 0 Å². The Morgan fingerprint density at radius 1 is 1.53 bits per heavy atom. The van der Waals surface area contributed by atoms with Gasteiger partial charge < -0.3 is 11.1 Å². The quantitative estimate of drug-likeness (QED) is 0.471. The number of halogens is 2. The van der Waals surface area contributed by atoms with Crippen molar-refractivity contribution in [3.8, 4) is 0 Å².